The average molecular weight is 468 g/mol. The lowest BCUT2D eigenvalue weighted by Gasteiger charge is -2.19. The van der Waals surface area contributed by atoms with Gasteiger partial charge in [0.2, 0.25) is 0 Å². The van der Waals surface area contributed by atoms with Crippen LogP contribution in [-0.4, -0.2) is 7.11 Å². The van der Waals surface area contributed by atoms with Crippen LogP contribution >= 0.6 is 0 Å². The van der Waals surface area contributed by atoms with Crippen molar-refractivity contribution in [1.82, 2.24) is 0 Å². The highest BCUT2D eigenvalue weighted by atomic mass is 19.2. The maximum absolute atomic E-state index is 15.3. The monoisotopic (exact) mass is 468 g/mol. The van der Waals surface area contributed by atoms with E-state index >= 15 is 8.78 Å². The van der Waals surface area contributed by atoms with Crippen LogP contribution in [0.4, 0.5) is 26.3 Å². The predicted molar refractivity (Wildman–Crippen MR) is 119 cm³/mol. The first-order valence-electron chi connectivity index (χ1n) is 10.1. The summed E-state index contributed by atoms with van der Waals surface area (Å²) in [6.07, 6.45) is 0. The van der Waals surface area contributed by atoms with Gasteiger partial charge in [0.05, 0.1) is 7.11 Å². The molecule has 34 heavy (non-hydrogen) atoms. The molecule has 5 rings (SSSR count). The van der Waals surface area contributed by atoms with Gasteiger partial charge < -0.3 is 4.74 Å². The van der Waals surface area contributed by atoms with E-state index in [0.29, 0.717) is 28.8 Å². The molecule has 5 aromatic carbocycles. The number of methoxy groups -OCH3 is 1. The van der Waals surface area contributed by atoms with Crippen LogP contribution in [0.2, 0.25) is 0 Å². The van der Waals surface area contributed by atoms with E-state index in [1.807, 2.05) is 0 Å². The summed E-state index contributed by atoms with van der Waals surface area (Å²) < 4.78 is 92.1. The van der Waals surface area contributed by atoms with Gasteiger partial charge in [-0.05, 0) is 70.4 Å². The first-order chi connectivity index (χ1) is 16.3. The zero-order chi connectivity index (χ0) is 24.1. The molecule has 0 fully saturated rings. The molecule has 0 spiro atoms. The molecule has 1 nitrogen and oxygen atoms in total. The van der Waals surface area contributed by atoms with Crippen LogP contribution in [0.15, 0.2) is 66.7 Å². The maximum Gasteiger partial charge on any atom is 0.194 e. The second kappa shape index (κ2) is 8.09. The predicted octanol–water partition coefficient (Wildman–Crippen LogP) is 8.17. The van der Waals surface area contributed by atoms with Gasteiger partial charge in [-0.1, -0.05) is 18.2 Å². The number of hydrogen-bond acceptors (Lipinski definition) is 1. The molecule has 0 aliphatic rings. The van der Waals surface area contributed by atoms with Crippen LogP contribution in [0, 0.1) is 34.9 Å². The minimum Gasteiger partial charge on any atom is -0.497 e. The van der Waals surface area contributed by atoms with Crippen LogP contribution in [0.1, 0.15) is 0 Å². The van der Waals surface area contributed by atoms with Gasteiger partial charge in [0.1, 0.15) is 23.2 Å². The Bertz CT molecular complexity index is 1570. The van der Waals surface area contributed by atoms with E-state index < -0.39 is 34.9 Å². The fraction of sp³-hybridized carbons (Fsp3) is 0.0370. The number of ether oxygens (including phenoxy) is 1. The molecule has 0 saturated carbocycles. The van der Waals surface area contributed by atoms with Crippen LogP contribution in [-0.2, 0) is 0 Å². The Morgan fingerprint density at radius 1 is 0.529 bits per heavy atom. The molecule has 170 valence electrons. The van der Waals surface area contributed by atoms with E-state index in [0.717, 1.165) is 24.3 Å². The number of rotatable bonds is 3. The van der Waals surface area contributed by atoms with Gasteiger partial charge in [-0.15, -0.1) is 0 Å². The quantitative estimate of drug-likeness (QED) is 0.147. The lowest BCUT2D eigenvalue weighted by molar-refractivity contribution is 0.415. The molecule has 0 N–H and O–H groups in total. The fourth-order valence-electron chi connectivity index (χ4n) is 4.31. The van der Waals surface area contributed by atoms with E-state index in [4.69, 9.17) is 4.74 Å². The normalized spacial score (nSPS) is 11.4. The first kappa shape index (κ1) is 21.8. The lowest BCUT2D eigenvalue weighted by atomic mass is 9.85. The van der Waals surface area contributed by atoms with Gasteiger partial charge in [0, 0.05) is 21.9 Å². The smallest absolute Gasteiger partial charge is 0.194 e. The molecule has 0 aliphatic heterocycles. The number of fused-ring (bicyclic) bond motifs is 2. The highest BCUT2D eigenvalue weighted by Gasteiger charge is 2.24. The molecule has 0 atom stereocenters. The Hall–Kier alpha value is -4.00. The van der Waals surface area contributed by atoms with Crippen molar-refractivity contribution in [3.8, 4) is 28.0 Å². The largest absolute Gasteiger partial charge is 0.497 e. The summed E-state index contributed by atoms with van der Waals surface area (Å²) in [5.74, 6) is -6.58. The van der Waals surface area contributed by atoms with Crippen LogP contribution in [0.3, 0.4) is 0 Å². The summed E-state index contributed by atoms with van der Waals surface area (Å²) in [7, 11) is 1.48. The highest BCUT2D eigenvalue weighted by molar-refractivity contribution is 6.21. The molecule has 0 radical (unpaired) electrons. The number of benzene rings is 5. The summed E-state index contributed by atoms with van der Waals surface area (Å²) in [6.45, 7) is 0. The summed E-state index contributed by atoms with van der Waals surface area (Å²) in [6, 6.07) is 13.3. The van der Waals surface area contributed by atoms with E-state index in [-0.39, 0.29) is 32.8 Å². The molecule has 0 saturated heterocycles. The SMILES string of the molecule is COc1ccc(-c2c3ccc(F)cc3c(-c3cc(F)c(F)c(F)c3)c3c(F)ccc(F)c23)cc1. The standard InChI is InChI=1S/C27H14F6O/c1-34-16-5-2-13(3-6-16)23-17-7-4-15(28)12-18(17)24(14-10-21(31)27(33)22(32)11-14)26-20(30)9-8-19(29)25(23)26/h2-12H,1H3. The minimum atomic E-state index is -1.70. The molecule has 0 bridgehead atoms. The van der Waals surface area contributed by atoms with Gasteiger partial charge in [-0.2, -0.15) is 0 Å². The average Bonchev–Trinajstić information content (AvgIpc) is 2.83. The van der Waals surface area contributed by atoms with Gasteiger partial charge in [-0.3, -0.25) is 0 Å². The zero-order valence-corrected chi connectivity index (χ0v) is 17.5. The van der Waals surface area contributed by atoms with Gasteiger partial charge in [0.15, 0.2) is 17.5 Å². The summed E-state index contributed by atoms with van der Waals surface area (Å²) in [5.41, 5.74) is 0.325. The molecular weight excluding hydrogens is 454 g/mol. The third-order valence-corrected chi connectivity index (χ3v) is 5.78. The Balaban J connectivity index is 2.03. The van der Waals surface area contributed by atoms with Crippen molar-refractivity contribution < 1.29 is 31.1 Å². The van der Waals surface area contributed by atoms with E-state index in [2.05, 4.69) is 0 Å². The van der Waals surface area contributed by atoms with Crippen molar-refractivity contribution in [2.75, 3.05) is 7.11 Å². The van der Waals surface area contributed by atoms with Gasteiger partial charge >= 0.3 is 0 Å². The number of halogens is 6. The minimum absolute atomic E-state index is 0.0771. The van der Waals surface area contributed by atoms with E-state index in [1.165, 1.54) is 13.2 Å². The maximum atomic E-state index is 15.3. The van der Waals surface area contributed by atoms with Crippen molar-refractivity contribution >= 4 is 21.5 Å². The van der Waals surface area contributed by atoms with Crippen LogP contribution in [0.25, 0.3) is 43.8 Å². The third-order valence-electron chi connectivity index (χ3n) is 5.78. The molecule has 7 heteroatoms. The Morgan fingerprint density at radius 2 is 1.09 bits per heavy atom. The number of hydrogen-bond donors (Lipinski definition) is 0. The summed E-state index contributed by atoms with van der Waals surface area (Å²) >= 11 is 0. The van der Waals surface area contributed by atoms with Gasteiger partial charge in [-0.25, -0.2) is 26.3 Å². The zero-order valence-electron chi connectivity index (χ0n) is 17.5. The van der Waals surface area contributed by atoms with Crippen molar-refractivity contribution in [3.05, 3.63) is 102 Å². The van der Waals surface area contributed by atoms with Gasteiger partial charge in [0.25, 0.3) is 0 Å². The van der Waals surface area contributed by atoms with Crippen molar-refractivity contribution in [3.63, 3.8) is 0 Å². The Morgan fingerprint density at radius 3 is 1.65 bits per heavy atom. The van der Waals surface area contributed by atoms with Crippen molar-refractivity contribution in [2.45, 2.75) is 0 Å². The van der Waals surface area contributed by atoms with Crippen LogP contribution < -0.4 is 4.74 Å². The Labute approximate surface area is 189 Å². The molecule has 5 aromatic rings. The molecule has 0 unspecified atom stereocenters. The van der Waals surface area contributed by atoms with Crippen molar-refractivity contribution in [2.24, 2.45) is 0 Å². The van der Waals surface area contributed by atoms with E-state index in [1.54, 1.807) is 24.3 Å². The second-order valence-electron chi connectivity index (χ2n) is 7.70. The molecule has 0 aromatic heterocycles. The van der Waals surface area contributed by atoms with Crippen molar-refractivity contribution in [1.29, 1.82) is 0 Å². The lowest BCUT2D eigenvalue weighted by Crippen LogP contribution is -1.98. The highest BCUT2D eigenvalue weighted by Crippen LogP contribution is 2.46. The fourth-order valence-corrected chi connectivity index (χ4v) is 4.31. The molecular formula is C27H14F6O. The molecule has 0 aliphatic carbocycles. The molecule has 0 amide bonds. The first-order valence-corrected chi connectivity index (χ1v) is 10.1. The van der Waals surface area contributed by atoms with Crippen LogP contribution in [0.5, 0.6) is 5.75 Å². The summed E-state index contributed by atoms with van der Waals surface area (Å²) in [5, 5.41) is -0.0873. The topological polar surface area (TPSA) is 9.23 Å². The third kappa shape index (κ3) is 3.36. The Kier molecular flexibility index (Phi) is 5.20. The van der Waals surface area contributed by atoms with E-state index in [9.17, 15) is 17.6 Å². The summed E-state index contributed by atoms with van der Waals surface area (Å²) in [4.78, 5) is 0. The second-order valence-corrected chi connectivity index (χ2v) is 7.70. The molecule has 0 heterocycles.